The smallest absolute Gasteiger partial charge is 0.280 e. The number of ether oxygens (including phenoxy) is 1. The summed E-state index contributed by atoms with van der Waals surface area (Å²) in [5.74, 6) is 0.821. The Morgan fingerprint density at radius 2 is 1.68 bits per heavy atom. The molecular weight excluding hydrogens is 631 g/mol. The van der Waals surface area contributed by atoms with Crippen LogP contribution < -0.4 is 14.2 Å². The minimum atomic E-state index is -3.58. The highest BCUT2D eigenvalue weighted by atomic mass is 32.2. The molecule has 0 unspecified atom stereocenters. The van der Waals surface area contributed by atoms with Crippen LogP contribution in [0.5, 0.6) is 11.5 Å². The molecule has 2 radical (unpaired) electrons. The van der Waals surface area contributed by atoms with E-state index in [1.807, 2.05) is 32.9 Å². The van der Waals surface area contributed by atoms with Gasteiger partial charge in [-0.25, -0.2) is 17.9 Å². The third-order valence-electron chi connectivity index (χ3n) is 7.20. The predicted molar refractivity (Wildman–Crippen MR) is 203 cm³/mol. The summed E-state index contributed by atoms with van der Waals surface area (Å²) < 4.78 is 62.2. The molecule has 0 fully saturated rings. The third kappa shape index (κ3) is 19.8. The van der Waals surface area contributed by atoms with Crippen LogP contribution in [-0.4, -0.2) is 42.9 Å². The first-order chi connectivity index (χ1) is 21.7. The van der Waals surface area contributed by atoms with Crippen molar-refractivity contribution < 1.29 is 28.0 Å². The fraction of sp³-hybridized carbons (Fsp3) is 0.611. The summed E-state index contributed by atoms with van der Waals surface area (Å²) >= 11 is 0. The Labute approximate surface area is 291 Å². The van der Waals surface area contributed by atoms with Crippen LogP contribution in [0.25, 0.3) is 0 Å². The van der Waals surface area contributed by atoms with E-state index in [2.05, 4.69) is 50.2 Å². The molecule has 2 atom stereocenters. The van der Waals surface area contributed by atoms with Gasteiger partial charge in [0.2, 0.25) is 10.0 Å². The molecule has 1 aromatic carbocycles. The standard InChI is InChI=1S/C27H41NO4S.C6H11NO2S.CH3B.2CH4/c1-6-8-10-11-22-18-25(29)27(24-17-21(5)12-13-23(24)20(3)4)26(19-22)32-15-16-33(30,31)28-14-9-7-2;1-3-5-6-7-10(8,9)4-2;1-2;;/h15-19,23-24,28-29H,3,6-14H2,1-2,4-5H3;2,7H,3,5-6H2,1H3;1H3;2*1H4/t23-,24+;;;;/m0..../s1/i;;1D;;. The summed E-state index contributed by atoms with van der Waals surface area (Å²) in [5, 5.41) is 13.8. The Bertz CT molecular complexity index is 1370. The fourth-order valence-electron chi connectivity index (χ4n) is 4.77. The molecule has 2 rings (SSSR count). The van der Waals surface area contributed by atoms with Crippen LogP contribution in [0.2, 0.25) is 6.80 Å². The number of nitrogens with one attached hydrogen (secondary N) is 2. The summed E-state index contributed by atoms with van der Waals surface area (Å²) in [5.41, 5.74) is 4.02. The van der Waals surface area contributed by atoms with Gasteiger partial charge in [-0.1, -0.05) is 91.9 Å². The van der Waals surface area contributed by atoms with E-state index < -0.39 is 20.0 Å². The van der Waals surface area contributed by atoms with Gasteiger partial charge in [0.25, 0.3) is 10.0 Å². The maximum Gasteiger partial charge on any atom is 0.280 e. The van der Waals surface area contributed by atoms with Crippen molar-refractivity contribution in [3.63, 3.8) is 0 Å². The zero-order chi connectivity index (χ0) is 35.2. The van der Waals surface area contributed by atoms with Gasteiger partial charge < -0.3 is 9.84 Å². The van der Waals surface area contributed by atoms with Crippen LogP contribution in [0.3, 0.4) is 0 Å². The summed E-state index contributed by atoms with van der Waals surface area (Å²) in [6, 6.07) is 3.78. The molecule has 47 heavy (non-hydrogen) atoms. The molecule has 0 spiro atoms. The second-order valence-electron chi connectivity index (χ2n) is 11.1. The van der Waals surface area contributed by atoms with Crippen molar-refractivity contribution in [2.75, 3.05) is 13.1 Å². The number of allylic oxidation sites excluding steroid dienone is 3. The van der Waals surface area contributed by atoms with E-state index >= 15 is 0 Å². The lowest BCUT2D eigenvalue weighted by Gasteiger charge is -2.32. The first kappa shape index (κ1) is 46.6. The molecule has 0 saturated carbocycles. The van der Waals surface area contributed by atoms with Crippen molar-refractivity contribution in [1.82, 2.24) is 9.44 Å². The average molecular weight is 696 g/mol. The second kappa shape index (κ2) is 26.4. The number of aryl methyl sites for hydroxylation is 1. The van der Waals surface area contributed by atoms with Gasteiger partial charge in [0.1, 0.15) is 17.8 Å². The average Bonchev–Trinajstić information content (AvgIpc) is 2.98. The van der Waals surface area contributed by atoms with Crippen molar-refractivity contribution in [1.29, 1.82) is 0 Å². The summed E-state index contributed by atoms with van der Waals surface area (Å²) in [4.78, 5) is 0. The number of hydrogen-bond acceptors (Lipinski definition) is 6. The molecule has 0 heterocycles. The zero-order valence-electron chi connectivity index (χ0n) is 28.9. The predicted octanol–water partition coefficient (Wildman–Crippen LogP) is 8.48. The maximum atomic E-state index is 12.2. The lowest BCUT2D eigenvalue weighted by atomic mass is 9.73. The summed E-state index contributed by atoms with van der Waals surface area (Å²) in [6.45, 7) is 15.3. The topological polar surface area (TPSA) is 122 Å². The number of benzene rings is 1. The van der Waals surface area contributed by atoms with Gasteiger partial charge in [0.15, 0.2) is 0 Å². The van der Waals surface area contributed by atoms with Gasteiger partial charge >= 0.3 is 0 Å². The Hall–Kier alpha value is -2.52. The largest absolute Gasteiger partial charge is 0.507 e. The van der Waals surface area contributed by atoms with Crippen LogP contribution in [0.4, 0.5) is 0 Å². The van der Waals surface area contributed by atoms with Crippen LogP contribution >= 0.6 is 0 Å². The lowest BCUT2D eigenvalue weighted by molar-refractivity contribution is 0.410. The van der Waals surface area contributed by atoms with Crippen LogP contribution in [0.15, 0.2) is 47.6 Å². The number of terminal acetylenes is 1. The van der Waals surface area contributed by atoms with Gasteiger partial charge in [0, 0.05) is 31.2 Å². The molecule has 1 aliphatic rings. The third-order valence-corrected chi connectivity index (χ3v) is 9.17. The van der Waals surface area contributed by atoms with E-state index in [0.29, 0.717) is 24.4 Å². The zero-order valence-corrected chi connectivity index (χ0v) is 29.5. The normalized spacial score (nSPS) is 16.0. The monoisotopic (exact) mass is 695 g/mol. The number of hydrogen-bond donors (Lipinski definition) is 3. The van der Waals surface area contributed by atoms with E-state index in [1.165, 1.54) is 11.8 Å². The Morgan fingerprint density at radius 1 is 1.11 bits per heavy atom. The maximum absolute atomic E-state index is 12.2. The molecule has 0 aliphatic heterocycles. The molecule has 0 amide bonds. The molecule has 1 aliphatic carbocycles. The molecule has 8 nitrogen and oxygen atoms in total. The number of phenols is 1. The van der Waals surface area contributed by atoms with E-state index in [9.17, 15) is 21.9 Å². The quantitative estimate of drug-likeness (QED) is 0.0494. The van der Waals surface area contributed by atoms with E-state index in [-0.39, 0.29) is 39.2 Å². The Kier molecular flexibility index (Phi) is 26.2. The van der Waals surface area contributed by atoms with E-state index in [4.69, 9.17) is 6.11 Å². The molecule has 1 aromatic rings. The first-order valence-electron chi connectivity index (χ1n) is 16.4. The number of rotatable bonds is 17. The molecule has 268 valence electrons. The highest BCUT2D eigenvalue weighted by Gasteiger charge is 2.30. The van der Waals surface area contributed by atoms with Gasteiger partial charge in [-0.05, 0) is 76.0 Å². The van der Waals surface area contributed by atoms with Gasteiger partial charge in [0.05, 0.1) is 13.3 Å². The SMILES string of the molecule is C.C.C#CS(=O)(=O)NCCCC.C=C(C)[C@@H]1CCC(C)=C[C@H]1c1c(O)cc(CCCCC)cc1OC=CS(=O)(=O)NCCCC.[2H]C[B]. The molecule has 11 heteroatoms. The minimum absolute atomic E-state index is 0. The van der Waals surface area contributed by atoms with Gasteiger partial charge in [-0.3, -0.25) is 0 Å². The molecular formula is C36H63BN2O6S2. The lowest BCUT2D eigenvalue weighted by Crippen LogP contribution is -2.22. The molecule has 0 aromatic heterocycles. The van der Waals surface area contributed by atoms with Crippen molar-refractivity contribution in [3.8, 4) is 23.2 Å². The highest BCUT2D eigenvalue weighted by Crippen LogP contribution is 2.47. The molecule has 3 N–H and O–H groups in total. The molecule has 0 saturated heterocycles. The number of aromatic hydroxyl groups is 1. The summed E-state index contributed by atoms with van der Waals surface area (Å²) in [6.07, 6.45) is 17.6. The molecule has 0 bridgehead atoms. The van der Waals surface area contributed by atoms with Crippen LogP contribution in [0, 0.1) is 17.6 Å². The highest BCUT2D eigenvalue weighted by molar-refractivity contribution is 7.94. The van der Waals surface area contributed by atoms with Gasteiger partial charge in [-0.15, -0.1) is 6.42 Å². The van der Waals surface area contributed by atoms with Crippen LogP contribution in [-0.2, 0) is 26.5 Å². The summed E-state index contributed by atoms with van der Waals surface area (Å²) in [7, 11) is -2.48. The van der Waals surface area contributed by atoms with E-state index in [1.54, 1.807) is 5.25 Å². The first-order valence-corrected chi connectivity index (χ1v) is 18.7. The Morgan fingerprint density at radius 3 is 2.21 bits per heavy atom. The van der Waals surface area contributed by atoms with Crippen molar-refractivity contribution in [3.05, 3.63) is 58.7 Å². The minimum Gasteiger partial charge on any atom is -0.507 e. The number of phenolic OH excluding ortho intramolecular Hbond substituents is 1. The van der Waals surface area contributed by atoms with Gasteiger partial charge in [-0.2, -0.15) is 8.42 Å². The second-order valence-corrected chi connectivity index (χ2v) is 14.2. The number of sulfonamides is 2. The fourth-order valence-corrected chi connectivity index (χ4v) is 5.99. The number of unbranched alkanes of at least 4 members (excludes halogenated alkanes) is 4. The van der Waals surface area contributed by atoms with Crippen molar-refractivity contribution >= 4 is 27.9 Å². The Balaban J connectivity index is -0.00000115. The van der Waals surface area contributed by atoms with E-state index in [0.717, 1.165) is 80.8 Å². The van der Waals surface area contributed by atoms with Crippen molar-refractivity contribution in [2.24, 2.45) is 5.92 Å². The van der Waals surface area contributed by atoms with Crippen LogP contribution in [0.1, 0.15) is 126 Å². The van der Waals surface area contributed by atoms with Crippen molar-refractivity contribution in [2.45, 2.75) is 126 Å².